The molecule has 106 valence electrons. The first kappa shape index (κ1) is 14.4. The Hall–Kier alpha value is -2.01. The molecule has 2 rings (SSSR count). The normalized spacial score (nSPS) is 10.8. The molecule has 0 saturated carbocycles. The third-order valence-electron chi connectivity index (χ3n) is 2.72. The largest absolute Gasteiger partial charge is 0.472 e. The molecule has 0 amide bonds. The van der Waals surface area contributed by atoms with E-state index in [-0.39, 0.29) is 12.4 Å². The maximum absolute atomic E-state index is 13.4. The fourth-order valence-electron chi connectivity index (χ4n) is 1.59. The molecule has 1 aromatic carbocycles. The van der Waals surface area contributed by atoms with Gasteiger partial charge in [0.15, 0.2) is 0 Å². The molecule has 0 unspecified atom stereocenters. The van der Waals surface area contributed by atoms with Crippen LogP contribution in [0.5, 0.6) is 5.88 Å². The van der Waals surface area contributed by atoms with Gasteiger partial charge in [-0.25, -0.2) is 4.39 Å². The van der Waals surface area contributed by atoms with Gasteiger partial charge in [-0.1, -0.05) is 32.0 Å². The average Bonchev–Trinajstić information content (AvgIpc) is 2.45. The maximum atomic E-state index is 13.4. The second-order valence-corrected chi connectivity index (χ2v) is 4.78. The minimum absolute atomic E-state index is 0.144. The van der Waals surface area contributed by atoms with Crippen LogP contribution in [0.3, 0.4) is 0 Å². The van der Waals surface area contributed by atoms with Crippen molar-refractivity contribution < 1.29 is 9.13 Å². The SMILES string of the molecule is CC(C)NCc1ccc(OCc2ccccc2F)nn1. The van der Waals surface area contributed by atoms with E-state index in [1.165, 1.54) is 6.07 Å². The van der Waals surface area contributed by atoms with Crippen molar-refractivity contribution >= 4 is 0 Å². The Morgan fingerprint density at radius 1 is 1.15 bits per heavy atom. The summed E-state index contributed by atoms with van der Waals surface area (Å²) in [6, 6.07) is 10.5. The van der Waals surface area contributed by atoms with Gasteiger partial charge in [-0.3, -0.25) is 0 Å². The van der Waals surface area contributed by atoms with E-state index in [9.17, 15) is 4.39 Å². The van der Waals surface area contributed by atoms with Crippen molar-refractivity contribution in [1.29, 1.82) is 0 Å². The monoisotopic (exact) mass is 275 g/mol. The number of hydrogen-bond acceptors (Lipinski definition) is 4. The summed E-state index contributed by atoms with van der Waals surface area (Å²) in [5, 5.41) is 11.3. The Morgan fingerprint density at radius 3 is 2.60 bits per heavy atom. The number of aromatic nitrogens is 2. The van der Waals surface area contributed by atoms with E-state index in [0.717, 1.165) is 5.69 Å². The van der Waals surface area contributed by atoms with Crippen LogP contribution in [0.2, 0.25) is 0 Å². The second-order valence-electron chi connectivity index (χ2n) is 4.78. The van der Waals surface area contributed by atoms with Crippen LogP contribution in [0.4, 0.5) is 4.39 Å². The Balaban J connectivity index is 1.89. The zero-order chi connectivity index (χ0) is 14.4. The van der Waals surface area contributed by atoms with E-state index >= 15 is 0 Å². The van der Waals surface area contributed by atoms with E-state index in [2.05, 4.69) is 29.4 Å². The molecule has 4 nitrogen and oxygen atoms in total. The average molecular weight is 275 g/mol. The third-order valence-corrected chi connectivity index (χ3v) is 2.72. The lowest BCUT2D eigenvalue weighted by Crippen LogP contribution is -2.22. The lowest BCUT2D eigenvalue weighted by molar-refractivity contribution is 0.284. The summed E-state index contributed by atoms with van der Waals surface area (Å²) in [5.41, 5.74) is 1.34. The smallest absolute Gasteiger partial charge is 0.233 e. The van der Waals surface area contributed by atoms with E-state index in [4.69, 9.17) is 4.74 Å². The van der Waals surface area contributed by atoms with Crippen LogP contribution in [-0.4, -0.2) is 16.2 Å². The molecule has 2 aromatic rings. The molecule has 0 spiro atoms. The van der Waals surface area contributed by atoms with Gasteiger partial charge < -0.3 is 10.1 Å². The molecule has 0 fully saturated rings. The molecule has 1 N–H and O–H groups in total. The van der Waals surface area contributed by atoms with Gasteiger partial charge in [0.1, 0.15) is 12.4 Å². The first-order chi connectivity index (χ1) is 9.65. The maximum Gasteiger partial charge on any atom is 0.233 e. The summed E-state index contributed by atoms with van der Waals surface area (Å²) in [6.07, 6.45) is 0. The zero-order valence-corrected chi connectivity index (χ0v) is 11.6. The molecule has 0 aliphatic heterocycles. The molecule has 1 aromatic heterocycles. The van der Waals surface area contributed by atoms with Crippen LogP contribution in [0, 0.1) is 5.82 Å². The van der Waals surface area contributed by atoms with Gasteiger partial charge in [-0.05, 0) is 12.1 Å². The van der Waals surface area contributed by atoms with Crippen molar-refractivity contribution in [3.63, 3.8) is 0 Å². The van der Waals surface area contributed by atoms with Crippen molar-refractivity contribution in [3.05, 3.63) is 53.5 Å². The molecule has 0 radical (unpaired) electrons. The number of nitrogens with one attached hydrogen (secondary N) is 1. The molecule has 5 heteroatoms. The van der Waals surface area contributed by atoms with E-state index < -0.39 is 0 Å². The fraction of sp³-hybridized carbons (Fsp3) is 0.333. The highest BCUT2D eigenvalue weighted by Crippen LogP contribution is 2.11. The Morgan fingerprint density at radius 2 is 1.95 bits per heavy atom. The van der Waals surface area contributed by atoms with Gasteiger partial charge in [0.05, 0.1) is 5.69 Å². The lowest BCUT2D eigenvalue weighted by Gasteiger charge is -2.08. The number of rotatable bonds is 6. The quantitative estimate of drug-likeness (QED) is 0.880. The van der Waals surface area contributed by atoms with Crippen LogP contribution in [-0.2, 0) is 13.2 Å². The minimum Gasteiger partial charge on any atom is -0.472 e. The van der Waals surface area contributed by atoms with Crippen molar-refractivity contribution in [2.24, 2.45) is 0 Å². The van der Waals surface area contributed by atoms with Crippen LogP contribution < -0.4 is 10.1 Å². The summed E-state index contributed by atoms with van der Waals surface area (Å²) in [7, 11) is 0. The van der Waals surface area contributed by atoms with Crippen molar-refractivity contribution in [1.82, 2.24) is 15.5 Å². The Labute approximate surface area is 118 Å². The summed E-state index contributed by atoms with van der Waals surface area (Å²) >= 11 is 0. The minimum atomic E-state index is -0.279. The molecule has 0 aliphatic carbocycles. The van der Waals surface area contributed by atoms with Gasteiger partial charge in [-0.15, -0.1) is 5.10 Å². The topological polar surface area (TPSA) is 47.0 Å². The van der Waals surface area contributed by atoms with E-state index in [1.807, 2.05) is 6.07 Å². The zero-order valence-electron chi connectivity index (χ0n) is 11.6. The number of ether oxygens (including phenoxy) is 1. The summed E-state index contributed by atoms with van der Waals surface area (Å²) < 4.78 is 18.8. The van der Waals surface area contributed by atoms with Crippen molar-refractivity contribution in [2.75, 3.05) is 0 Å². The first-order valence-corrected chi connectivity index (χ1v) is 6.57. The molecule has 0 saturated heterocycles. The van der Waals surface area contributed by atoms with Crippen LogP contribution in [0.25, 0.3) is 0 Å². The van der Waals surface area contributed by atoms with Crippen LogP contribution >= 0.6 is 0 Å². The molecular weight excluding hydrogens is 257 g/mol. The van der Waals surface area contributed by atoms with Gasteiger partial charge in [0.2, 0.25) is 5.88 Å². The number of benzene rings is 1. The summed E-state index contributed by atoms with van der Waals surface area (Å²) in [6.45, 7) is 4.95. The first-order valence-electron chi connectivity index (χ1n) is 6.57. The number of hydrogen-bond donors (Lipinski definition) is 1. The van der Waals surface area contributed by atoms with Gasteiger partial charge in [0, 0.05) is 24.2 Å². The Bertz CT molecular complexity index is 543. The third kappa shape index (κ3) is 4.28. The number of nitrogens with zero attached hydrogens (tertiary/aromatic N) is 2. The van der Waals surface area contributed by atoms with Crippen molar-refractivity contribution in [3.8, 4) is 5.88 Å². The van der Waals surface area contributed by atoms with E-state index in [0.29, 0.717) is 24.0 Å². The molecular formula is C15H18FN3O. The predicted molar refractivity (Wildman–Crippen MR) is 74.7 cm³/mol. The standard InChI is InChI=1S/C15H18FN3O/c1-11(2)17-9-13-7-8-15(19-18-13)20-10-12-5-3-4-6-14(12)16/h3-8,11,17H,9-10H2,1-2H3. The molecule has 20 heavy (non-hydrogen) atoms. The second kappa shape index (κ2) is 6.96. The van der Waals surface area contributed by atoms with Gasteiger partial charge in [-0.2, -0.15) is 5.10 Å². The molecule has 0 atom stereocenters. The summed E-state index contributed by atoms with van der Waals surface area (Å²) in [5.74, 6) is 0.111. The highest BCUT2D eigenvalue weighted by Gasteiger charge is 2.03. The van der Waals surface area contributed by atoms with Gasteiger partial charge >= 0.3 is 0 Å². The van der Waals surface area contributed by atoms with Gasteiger partial charge in [0.25, 0.3) is 0 Å². The highest BCUT2D eigenvalue weighted by atomic mass is 19.1. The number of halogens is 1. The predicted octanol–water partition coefficient (Wildman–Crippen LogP) is 2.69. The molecule has 1 heterocycles. The highest BCUT2D eigenvalue weighted by molar-refractivity contribution is 5.18. The Kier molecular flexibility index (Phi) is 5.01. The summed E-state index contributed by atoms with van der Waals surface area (Å²) in [4.78, 5) is 0. The van der Waals surface area contributed by atoms with E-state index in [1.54, 1.807) is 24.3 Å². The fourth-order valence-corrected chi connectivity index (χ4v) is 1.59. The molecule has 0 bridgehead atoms. The van der Waals surface area contributed by atoms with Crippen molar-refractivity contribution in [2.45, 2.75) is 33.0 Å². The van der Waals surface area contributed by atoms with Crippen LogP contribution in [0.1, 0.15) is 25.1 Å². The molecule has 0 aliphatic rings. The van der Waals surface area contributed by atoms with Crippen LogP contribution in [0.15, 0.2) is 36.4 Å². The lowest BCUT2D eigenvalue weighted by atomic mass is 10.2.